The highest BCUT2D eigenvalue weighted by atomic mass is 19.4. The molecule has 0 amide bonds. The van der Waals surface area contributed by atoms with Crippen LogP contribution in [-0.2, 0) is 0 Å². The van der Waals surface area contributed by atoms with Crippen molar-refractivity contribution in [2.24, 2.45) is 0 Å². The van der Waals surface area contributed by atoms with Crippen molar-refractivity contribution in [3.05, 3.63) is 23.8 Å². The molecule has 1 aromatic rings. The Hall–Kier alpha value is -1.92. The number of hydrogen-bond donors (Lipinski definition) is 2. The first kappa shape index (κ1) is 11.2. The zero-order chi connectivity index (χ0) is 11.6. The fraction of sp³-hybridized carbons (Fsp3) is 0.125. The van der Waals surface area contributed by atoms with E-state index in [1.807, 2.05) is 0 Å². The Morgan fingerprint density at radius 3 is 2.33 bits per heavy atom. The first-order valence-electron chi connectivity index (χ1n) is 3.61. The average molecular weight is 222 g/mol. The standard InChI is InChI=1S/C8H5F3O4/c9-8(10,11)15-4-1-2-5(7(13)14)6(12)3-4/h1-3,12H,(H,13,14). The van der Waals surface area contributed by atoms with E-state index in [-0.39, 0.29) is 0 Å². The van der Waals surface area contributed by atoms with Crippen LogP contribution in [0, 0.1) is 0 Å². The number of benzene rings is 1. The van der Waals surface area contributed by atoms with Crippen LogP contribution in [0.1, 0.15) is 10.4 Å². The molecular weight excluding hydrogens is 217 g/mol. The quantitative estimate of drug-likeness (QED) is 0.802. The van der Waals surface area contributed by atoms with Gasteiger partial charge in [0.2, 0.25) is 0 Å². The third-order valence-electron chi connectivity index (χ3n) is 1.43. The van der Waals surface area contributed by atoms with Crippen LogP contribution >= 0.6 is 0 Å². The van der Waals surface area contributed by atoms with E-state index < -0.39 is 29.4 Å². The van der Waals surface area contributed by atoms with Crippen LogP contribution in [0.25, 0.3) is 0 Å². The molecule has 0 radical (unpaired) electrons. The van der Waals surface area contributed by atoms with Gasteiger partial charge >= 0.3 is 12.3 Å². The minimum absolute atomic E-state index is 0.496. The van der Waals surface area contributed by atoms with E-state index in [1.54, 1.807) is 0 Å². The molecule has 4 nitrogen and oxygen atoms in total. The molecule has 2 N–H and O–H groups in total. The molecule has 1 aromatic carbocycles. The maximum Gasteiger partial charge on any atom is 0.573 e. The number of phenols is 1. The molecule has 0 spiro atoms. The summed E-state index contributed by atoms with van der Waals surface area (Å²) in [7, 11) is 0. The SMILES string of the molecule is O=C(O)c1ccc(OC(F)(F)F)cc1O. The van der Waals surface area contributed by atoms with Crippen LogP contribution in [0.15, 0.2) is 18.2 Å². The van der Waals surface area contributed by atoms with Gasteiger partial charge in [0.05, 0.1) is 0 Å². The third kappa shape index (κ3) is 3.04. The molecule has 0 saturated heterocycles. The summed E-state index contributed by atoms with van der Waals surface area (Å²) in [4.78, 5) is 10.4. The number of alkyl halides is 3. The van der Waals surface area contributed by atoms with Gasteiger partial charge in [0.15, 0.2) is 0 Å². The molecular formula is C8H5F3O4. The third-order valence-corrected chi connectivity index (χ3v) is 1.43. The fourth-order valence-corrected chi connectivity index (χ4v) is 0.889. The second kappa shape index (κ2) is 3.68. The molecule has 0 bridgehead atoms. The van der Waals surface area contributed by atoms with Gasteiger partial charge < -0.3 is 14.9 Å². The van der Waals surface area contributed by atoms with Crippen molar-refractivity contribution in [2.45, 2.75) is 6.36 Å². The van der Waals surface area contributed by atoms with Gasteiger partial charge in [-0.3, -0.25) is 0 Å². The topological polar surface area (TPSA) is 66.8 Å². The number of halogens is 3. The molecule has 0 atom stereocenters. The molecule has 0 fully saturated rings. The van der Waals surface area contributed by atoms with Gasteiger partial charge in [0.25, 0.3) is 0 Å². The zero-order valence-electron chi connectivity index (χ0n) is 7.08. The zero-order valence-corrected chi connectivity index (χ0v) is 7.08. The van der Waals surface area contributed by atoms with E-state index in [1.165, 1.54) is 0 Å². The Balaban J connectivity index is 2.97. The van der Waals surface area contributed by atoms with Crippen LogP contribution in [0.4, 0.5) is 13.2 Å². The second-order valence-corrected chi connectivity index (χ2v) is 2.53. The van der Waals surface area contributed by atoms with Crippen LogP contribution in [0.5, 0.6) is 11.5 Å². The summed E-state index contributed by atoms with van der Waals surface area (Å²) < 4.78 is 38.6. The maximum absolute atomic E-state index is 11.7. The van der Waals surface area contributed by atoms with Gasteiger partial charge in [0, 0.05) is 6.07 Å². The Kier molecular flexibility index (Phi) is 2.74. The molecule has 0 aliphatic rings. The van der Waals surface area contributed by atoms with Crippen molar-refractivity contribution in [1.29, 1.82) is 0 Å². The van der Waals surface area contributed by atoms with Gasteiger partial charge in [-0.1, -0.05) is 0 Å². The molecule has 0 saturated carbocycles. The normalized spacial score (nSPS) is 11.1. The van der Waals surface area contributed by atoms with E-state index >= 15 is 0 Å². The van der Waals surface area contributed by atoms with E-state index in [0.29, 0.717) is 6.07 Å². The van der Waals surface area contributed by atoms with Gasteiger partial charge in [-0.2, -0.15) is 0 Å². The molecule has 0 aromatic heterocycles. The predicted molar refractivity (Wildman–Crippen MR) is 41.7 cm³/mol. The van der Waals surface area contributed by atoms with Crippen LogP contribution in [0.2, 0.25) is 0 Å². The van der Waals surface area contributed by atoms with Crippen LogP contribution in [-0.4, -0.2) is 22.5 Å². The second-order valence-electron chi connectivity index (χ2n) is 2.53. The number of aromatic carboxylic acids is 1. The molecule has 15 heavy (non-hydrogen) atoms. The molecule has 0 aliphatic carbocycles. The maximum atomic E-state index is 11.7. The van der Waals surface area contributed by atoms with Crippen molar-refractivity contribution < 1.29 is 32.9 Å². The molecule has 0 aliphatic heterocycles. The van der Waals surface area contributed by atoms with Crippen molar-refractivity contribution in [3.8, 4) is 11.5 Å². The Labute approximate surface area is 81.5 Å². The summed E-state index contributed by atoms with van der Waals surface area (Å²) in [6.07, 6.45) is -4.88. The largest absolute Gasteiger partial charge is 0.573 e. The van der Waals surface area contributed by atoms with E-state index in [0.717, 1.165) is 12.1 Å². The highest BCUT2D eigenvalue weighted by Gasteiger charge is 2.31. The number of rotatable bonds is 2. The van der Waals surface area contributed by atoms with Crippen LogP contribution in [0.3, 0.4) is 0 Å². The number of carboxylic acid groups (broad SMARTS) is 1. The summed E-state index contributed by atoms with van der Waals surface area (Å²) in [6, 6.07) is 2.20. The summed E-state index contributed by atoms with van der Waals surface area (Å²) in [6.45, 7) is 0. The minimum atomic E-state index is -4.88. The van der Waals surface area contributed by atoms with Crippen LogP contribution < -0.4 is 4.74 Å². The molecule has 82 valence electrons. The minimum Gasteiger partial charge on any atom is -0.507 e. The number of aromatic hydroxyl groups is 1. The van der Waals surface area contributed by atoms with Gasteiger partial charge in [-0.15, -0.1) is 13.2 Å². The average Bonchev–Trinajstić information content (AvgIpc) is 1.99. The summed E-state index contributed by atoms with van der Waals surface area (Å²) in [5.74, 6) is -2.90. The molecule has 0 unspecified atom stereocenters. The lowest BCUT2D eigenvalue weighted by Gasteiger charge is -2.09. The monoisotopic (exact) mass is 222 g/mol. The highest BCUT2D eigenvalue weighted by Crippen LogP contribution is 2.28. The van der Waals surface area contributed by atoms with Crippen molar-refractivity contribution >= 4 is 5.97 Å². The number of hydrogen-bond acceptors (Lipinski definition) is 3. The van der Waals surface area contributed by atoms with E-state index in [2.05, 4.69) is 4.74 Å². The van der Waals surface area contributed by atoms with Crippen molar-refractivity contribution in [2.75, 3.05) is 0 Å². The fourth-order valence-electron chi connectivity index (χ4n) is 0.889. The van der Waals surface area contributed by atoms with Crippen molar-refractivity contribution in [3.63, 3.8) is 0 Å². The van der Waals surface area contributed by atoms with E-state index in [4.69, 9.17) is 10.2 Å². The summed E-state index contributed by atoms with van der Waals surface area (Å²) in [5, 5.41) is 17.5. The van der Waals surface area contributed by atoms with E-state index in [9.17, 15) is 18.0 Å². The summed E-state index contributed by atoms with van der Waals surface area (Å²) >= 11 is 0. The Morgan fingerprint density at radius 1 is 1.33 bits per heavy atom. The lowest BCUT2D eigenvalue weighted by molar-refractivity contribution is -0.274. The molecule has 1 rings (SSSR count). The lowest BCUT2D eigenvalue weighted by Crippen LogP contribution is -2.17. The molecule has 7 heteroatoms. The number of carbonyl (C=O) groups is 1. The highest BCUT2D eigenvalue weighted by molar-refractivity contribution is 5.90. The Morgan fingerprint density at radius 2 is 1.93 bits per heavy atom. The van der Waals surface area contributed by atoms with Gasteiger partial charge in [-0.25, -0.2) is 4.79 Å². The first-order chi connectivity index (χ1) is 6.79. The Bertz CT molecular complexity index is 386. The van der Waals surface area contributed by atoms with Crippen molar-refractivity contribution in [1.82, 2.24) is 0 Å². The predicted octanol–water partition coefficient (Wildman–Crippen LogP) is 1.99. The van der Waals surface area contributed by atoms with Gasteiger partial charge in [-0.05, 0) is 12.1 Å². The molecule has 0 heterocycles. The number of carboxylic acids is 1. The first-order valence-corrected chi connectivity index (χ1v) is 3.61. The number of ether oxygens (including phenoxy) is 1. The van der Waals surface area contributed by atoms with Gasteiger partial charge in [0.1, 0.15) is 17.1 Å². The lowest BCUT2D eigenvalue weighted by atomic mass is 10.2. The summed E-state index contributed by atoms with van der Waals surface area (Å²) in [5.41, 5.74) is -0.496. The smallest absolute Gasteiger partial charge is 0.507 e.